The maximum atomic E-state index is 12.2. The standard InChI is InChI=1S/C12H17N3O5/c1-14(5-4-13)12(16)8-6-10(19-2)11(20-3)7-9(8)15(17)18/h6-7H,4-5,13H2,1-3H3. The van der Waals surface area contributed by atoms with Crippen molar-refractivity contribution in [2.75, 3.05) is 34.4 Å². The molecule has 0 spiro atoms. The molecule has 1 aromatic carbocycles. The number of hydrogen-bond acceptors (Lipinski definition) is 6. The highest BCUT2D eigenvalue weighted by atomic mass is 16.6. The van der Waals surface area contributed by atoms with Gasteiger partial charge in [0.25, 0.3) is 11.6 Å². The van der Waals surface area contributed by atoms with Crippen LogP contribution >= 0.6 is 0 Å². The lowest BCUT2D eigenvalue weighted by molar-refractivity contribution is -0.385. The number of hydrogen-bond donors (Lipinski definition) is 1. The molecule has 0 radical (unpaired) electrons. The van der Waals surface area contributed by atoms with E-state index in [1.165, 1.54) is 38.3 Å². The first-order valence-corrected chi connectivity index (χ1v) is 5.82. The third kappa shape index (κ3) is 3.15. The molecule has 0 aliphatic heterocycles. The molecule has 0 fully saturated rings. The number of carbonyl (C=O) groups excluding carboxylic acids is 1. The van der Waals surface area contributed by atoms with Crippen LogP contribution < -0.4 is 15.2 Å². The molecule has 20 heavy (non-hydrogen) atoms. The number of nitrogens with zero attached hydrogens (tertiary/aromatic N) is 2. The topological polar surface area (TPSA) is 108 Å². The van der Waals surface area contributed by atoms with Crippen LogP contribution in [0.2, 0.25) is 0 Å². The quantitative estimate of drug-likeness (QED) is 0.606. The number of methoxy groups -OCH3 is 2. The lowest BCUT2D eigenvalue weighted by Gasteiger charge is -2.17. The maximum absolute atomic E-state index is 12.2. The average Bonchev–Trinajstić information content (AvgIpc) is 2.44. The smallest absolute Gasteiger partial charge is 0.286 e. The van der Waals surface area contributed by atoms with Gasteiger partial charge in [-0.15, -0.1) is 0 Å². The van der Waals surface area contributed by atoms with Gasteiger partial charge in [0.05, 0.1) is 25.2 Å². The highest BCUT2D eigenvalue weighted by molar-refractivity contribution is 5.99. The molecule has 0 unspecified atom stereocenters. The van der Waals surface area contributed by atoms with E-state index >= 15 is 0 Å². The minimum atomic E-state index is -0.633. The third-order valence-electron chi connectivity index (χ3n) is 2.74. The number of carbonyl (C=O) groups is 1. The summed E-state index contributed by atoms with van der Waals surface area (Å²) in [6, 6.07) is 2.47. The molecule has 0 heterocycles. The van der Waals surface area contributed by atoms with E-state index in [1.54, 1.807) is 0 Å². The number of nitro benzene ring substituents is 1. The minimum Gasteiger partial charge on any atom is -0.493 e. The number of nitro groups is 1. The van der Waals surface area contributed by atoms with Gasteiger partial charge in [-0.2, -0.15) is 0 Å². The molecular weight excluding hydrogens is 266 g/mol. The molecule has 0 aliphatic carbocycles. The van der Waals surface area contributed by atoms with Crippen molar-refractivity contribution >= 4 is 11.6 Å². The molecule has 0 saturated carbocycles. The zero-order chi connectivity index (χ0) is 15.3. The largest absolute Gasteiger partial charge is 0.493 e. The van der Waals surface area contributed by atoms with Crippen molar-refractivity contribution in [1.29, 1.82) is 0 Å². The van der Waals surface area contributed by atoms with Gasteiger partial charge in [-0.05, 0) is 0 Å². The second-order valence-electron chi connectivity index (χ2n) is 4.00. The van der Waals surface area contributed by atoms with Gasteiger partial charge in [0, 0.05) is 26.2 Å². The molecule has 0 atom stereocenters. The van der Waals surface area contributed by atoms with Crippen LogP contribution in [0.1, 0.15) is 10.4 Å². The van der Waals surface area contributed by atoms with Gasteiger partial charge in [0.2, 0.25) is 0 Å². The predicted molar refractivity (Wildman–Crippen MR) is 72.2 cm³/mol. The van der Waals surface area contributed by atoms with Crippen molar-refractivity contribution in [3.8, 4) is 11.5 Å². The molecule has 1 rings (SSSR count). The van der Waals surface area contributed by atoms with Crippen molar-refractivity contribution in [3.63, 3.8) is 0 Å². The molecule has 1 amide bonds. The molecule has 0 aromatic heterocycles. The van der Waals surface area contributed by atoms with Crippen LogP contribution in [0.4, 0.5) is 5.69 Å². The molecule has 1 aromatic rings. The summed E-state index contributed by atoms with van der Waals surface area (Å²) >= 11 is 0. The summed E-state index contributed by atoms with van der Waals surface area (Å²) in [5.41, 5.74) is 4.97. The number of nitrogens with two attached hydrogens (primary N) is 1. The van der Waals surface area contributed by atoms with Crippen LogP contribution in [-0.4, -0.2) is 50.1 Å². The van der Waals surface area contributed by atoms with Crippen LogP contribution in [-0.2, 0) is 0 Å². The Morgan fingerprint density at radius 1 is 1.35 bits per heavy atom. The van der Waals surface area contributed by atoms with E-state index in [4.69, 9.17) is 15.2 Å². The molecule has 2 N–H and O–H groups in total. The molecule has 0 bridgehead atoms. The van der Waals surface area contributed by atoms with Crippen LogP contribution in [0.3, 0.4) is 0 Å². The van der Waals surface area contributed by atoms with Gasteiger partial charge in [0.15, 0.2) is 11.5 Å². The first kappa shape index (κ1) is 15.7. The summed E-state index contributed by atoms with van der Waals surface area (Å²) in [4.78, 5) is 24.0. The zero-order valence-corrected chi connectivity index (χ0v) is 11.6. The van der Waals surface area contributed by atoms with Crippen molar-refractivity contribution in [1.82, 2.24) is 4.90 Å². The summed E-state index contributed by atoms with van der Waals surface area (Å²) in [7, 11) is 4.28. The van der Waals surface area contributed by atoms with Gasteiger partial charge in [-0.1, -0.05) is 0 Å². The van der Waals surface area contributed by atoms with Gasteiger partial charge in [-0.25, -0.2) is 0 Å². The molecule has 8 heteroatoms. The SMILES string of the molecule is COc1cc(C(=O)N(C)CCN)c([N+](=O)[O-])cc1OC. The van der Waals surface area contributed by atoms with E-state index in [9.17, 15) is 14.9 Å². The summed E-state index contributed by atoms with van der Waals surface area (Å²) in [6.07, 6.45) is 0. The van der Waals surface area contributed by atoms with Gasteiger partial charge < -0.3 is 20.1 Å². The van der Waals surface area contributed by atoms with Crippen molar-refractivity contribution in [2.45, 2.75) is 0 Å². The van der Waals surface area contributed by atoms with Crippen LogP contribution in [0, 0.1) is 10.1 Å². The fraction of sp³-hybridized carbons (Fsp3) is 0.417. The van der Waals surface area contributed by atoms with Gasteiger partial charge in [0.1, 0.15) is 5.56 Å². The average molecular weight is 283 g/mol. The third-order valence-corrected chi connectivity index (χ3v) is 2.74. The first-order valence-electron chi connectivity index (χ1n) is 5.82. The predicted octanol–water partition coefficient (Wildman–Crippen LogP) is 0.643. The number of likely N-dealkylation sites (N-methyl/N-ethyl adjacent to an activating group) is 1. The molecule has 0 aliphatic rings. The Balaban J connectivity index is 3.35. The molecule has 0 saturated heterocycles. The van der Waals surface area contributed by atoms with Crippen LogP contribution in [0.15, 0.2) is 12.1 Å². The number of benzene rings is 1. The van der Waals surface area contributed by atoms with Crippen molar-refractivity contribution in [3.05, 3.63) is 27.8 Å². The molecular formula is C12H17N3O5. The molecule has 110 valence electrons. The highest BCUT2D eigenvalue weighted by Crippen LogP contribution is 2.34. The van der Waals surface area contributed by atoms with E-state index in [0.29, 0.717) is 6.54 Å². The zero-order valence-electron chi connectivity index (χ0n) is 11.6. The number of rotatable bonds is 6. The monoisotopic (exact) mass is 283 g/mol. The van der Waals surface area contributed by atoms with Crippen LogP contribution in [0.25, 0.3) is 0 Å². The lowest BCUT2D eigenvalue weighted by Crippen LogP contribution is -2.32. The van der Waals surface area contributed by atoms with E-state index < -0.39 is 10.8 Å². The summed E-state index contributed by atoms with van der Waals surface area (Å²) in [5, 5.41) is 11.1. The Kier molecular flexibility index (Phi) is 5.27. The van der Waals surface area contributed by atoms with Gasteiger partial charge >= 0.3 is 0 Å². The van der Waals surface area contributed by atoms with E-state index in [2.05, 4.69) is 0 Å². The fourth-order valence-corrected chi connectivity index (χ4v) is 1.69. The summed E-state index contributed by atoms with van der Waals surface area (Å²) in [5.74, 6) is -0.0528. The van der Waals surface area contributed by atoms with Crippen molar-refractivity contribution < 1.29 is 19.2 Å². The highest BCUT2D eigenvalue weighted by Gasteiger charge is 2.26. The fourth-order valence-electron chi connectivity index (χ4n) is 1.69. The second kappa shape index (κ2) is 6.71. The second-order valence-corrected chi connectivity index (χ2v) is 4.00. The summed E-state index contributed by atoms with van der Waals surface area (Å²) in [6.45, 7) is 0.563. The molecule has 8 nitrogen and oxygen atoms in total. The van der Waals surface area contributed by atoms with Gasteiger partial charge in [-0.3, -0.25) is 14.9 Å². The van der Waals surface area contributed by atoms with E-state index in [0.717, 1.165) is 0 Å². The first-order chi connectivity index (χ1) is 9.46. The van der Waals surface area contributed by atoms with Crippen LogP contribution in [0.5, 0.6) is 11.5 Å². The minimum absolute atomic E-state index is 0.0661. The van der Waals surface area contributed by atoms with E-state index in [-0.39, 0.29) is 29.3 Å². The Morgan fingerprint density at radius 3 is 2.35 bits per heavy atom. The Labute approximate surface area is 116 Å². The maximum Gasteiger partial charge on any atom is 0.286 e. The number of amides is 1. The number of ether oxygens (including phenoxy) is 2. The Morgan fingerprint density at radius 2 is 1.90 bits per heavy atom. The Bertz CT molecular complexity index is 518. The van der Waals surface area contributed by atoms with E-state index in [1.807, 2.05) is 0 Å². The normalized spacial score (nSPS) is 10.0. The van der Waals surface area contributed by atoms with Crippen molar-refractivity contribution in [2.24, 2.45) is 5.73 Å². The Hall–Kier alpha value is -2.35. The lowest BCUT2D eigenvalue weighted by atomic mass is 10.1. The summed E-state index contributed by atoms with van der Waals surface area (Å²) < 4.78 is 10.1.